The van der Waals surface area contributed by atoms with E-state index in [1.165, 1.54) is 18.2 Å². The normalized spacial score (nSPS) is 9.74. The minimum Gasteiger partial charge on any atom is -0.506 e. The molecule has 2 aromatic carbocycles. The third-order valence-corrected chi connectivity index (χ3v) is 3.13. The largest absolute Gasteiger partial charge is 0.506 e. The SMILES string of the molecule is Oc1cc(F)c(Br)cc1Cl.Oc1cc(F)ccc1Cl. The van der Waals surface area contributed by atoms with Crippen LogP contribution in [0.1, 0.15) is 0 Å². The van der Waals surface area contributed by atoms with Crippen molar-refractivity contribution in [1.29, 1.82) is 0 Å². The summed E-state index contributed by atoms with van der Waals surface area (Å²) in [5, 5.41) is 17.9. The number of hydrogen-bond donors (Lipinski definition) is 2. The fraction of sp³-hybridized carbons (Fsp3) is 0. The lowest BCUT2D eigenvalue weighted by atomic mass is 10.3. The average molecular weight is 372 g/mol. The van der Waals surface area contributed by atoms with Crippen molar-refractivity contribution in [3.05, 3.63) is 56.5 Å². The standard InChI is InChI=1S/C6H3BrClFO.C6H4ClFO/c7-3-1-4(8)6(10)2-5(3)9;7-5-2-1-4(8)3-6(5)9/h1-2,10H;1-3,9H. The van der Waals surface area contributed by atoms with Gasteiger partial charge >= 0.3 is 0 Å². The molecule has 0 unspecified atom stereocenters. The van der Waals surface area contributed by atoms with Crippen LogP contribution in [0, 0.1) is 11.6 Å². The Morgan fingerprint density at radius 3 is 1.95 bits per heavy atom. The fourth-order valence-corrected chi connectivity index (χ4v) is 1.75. The summed E-state index contributed by atoms with van der Waals surface area (Å²) < 4.78 is 24.9. The Morgan fingerprint density at radius 2 is 1.47 bits per heavy atom. The Morgan fingerprint density at radius 1 is 0.895 bits per heavy atom. The zero-order chi connectivity index (χ0) is 14.6. The molecule has 0 atom stereocenters. The van der Waals surface area contributed by atoms with Gasteiger partial charge in [0.15, 0.2) is 0 Å². The predicted octanol–water partition coefficient (Wildman–Crippen LogP) is 5.13. The number of phenolic OH excluding ortho intramolecular Hbond substituents is 2. The van der Waals surface area contributed by atoms with Crippen LogP contribution in [0.4, 0.5) is 8.78 Å². The molecule has 102 valence electrons. The van der Waals surface area contributed by atoms with E-state index in [0.717, 1.165) is 12.1 Å². The van der Waals surface area contributed by atoms with Crippen LogP contribution in [-0.4, -0.2) is 10.2 Å². The number of halogens is 5. The van der Waals surface area contributed by atoms with Gasteiger partial charge in [0.05, 0.1) is 14.5 Å². The van der Waals surface area contributed by atoms with Crippen LogP contribution >= 0.6 is 39.1 Å². The van der Waals surface area contributed by atoms with Crippen LogP contribution in [-0.2, 0) is 0 Å². The van der Waals surface area contributed by atoms with Gasteiger partial charge in [0.1, 0.15) is 23.1 Å². The molecule has 0 aliphatic carbocycles. The molecule has 7 heteroatoms. The summed E-state index contributed by atoms with van der Waals surface area (Å²) in [7, 11) is 0. The summed E-state index contributed by atoms with van der Waals surface area (Å²) in [5.41, 5.74) is 0. The van der Waals surface area contributed by atoms with Gasteiger partial charge in [0, 0.05) is 12.1 Å². The Balaban J connectivity index is 0.000000191. The van der Waals surface area contributed by atoms with Crippen molar-refractivity contribution in [2.45, 2.75) is 0 Å². The molecule has 0 aromatic heterocycles. The van der Waals surface area contributed by atoms with E-state index in [1.54, 1.807) is 0 Å². The smallest absolute Gasteiger partial charge is 0.141 e. The van der Waals surface area contributed by atoms with Gasteiger partial charge in [-0.3, -0.25) is 0 Å². The highest BCUT2D eigenvalue weighted by Gasteiger charge is 2.03. The lowest BCUT2D eigenvalue weighted by Crippen LogP contribution is -1.76. The van der Waals surface area contributed by atoms with Gasteiger partial charge in [-0.05, 0) is 34.1 Å². The summed E-state index contributed by atoms with van der Waals surface area (Å²) in [6, 6.07) is 5.69. The Labute approximate surface area is 126 Å². The average Bonchev–Trinajstić information content (AvgIpc) is 2.33. The molecular weight excluding hydrogens is 365 g/mol. The molecule has 2 rings (SSSR count). The van der Waals surface area contributed by atoms with E-state index in [0.29, 0.717) is 0 Å². The van der Waals surface area contributed by atoms with E-state index in [1.807, 2.05) is 0 Å². The number of rotatable bonds is 0. The van der Waals surface area contributed by atoms with Crippen LogP contribution in [0.2, 0.25) is 10.0 Å². The number of benzene rings is 2. The van der Waals surface area contributed by atoms with Crippen molar-refractivity contribution < 1.29 is 19.0 Å². The van der Waals surface area contributed by atoms with Crippen LogP contribution < -0.4 is 0 Å². The molecule has 0 amide bonds. The van der Waals surface area contributed by atoms with Gasteiger partial charge in [0.25, 0.3) is 0 Å². The first-order valence-electron chi connectivity index (χ1n) is 4.78. The molecule has 0 bridgehead atoms. The summed E-state index contributed by atoms with van der Waals surface area (Å²) in [6.45, 7) is 0. The maximum Gasteiger partial charge on any atom is 0.141 e. The Kier molecular flexibility index (Phi) is 5.85. The van der Waals surface area contributed by atoms with E-state index in [4.69, 9.17) is 33.4 Å². The van der Waals surface area contributed by atoms with Crippen LogP contribution in [0.25, 0.3) is 0 Å². The predicted molar refractivity (Wildman–Crippen MR) is 73.8 cm³/mol. The number of aromatic hydroxyl groups is 2. The molecule has 0 heterocycles. The molecule has 0 saturated heterocycles. The van der Waals surface area contributed by atoms with Crippen LogP contribution in [0.3, 0.4) is 0 Å². The first-order valence-corrected chi connectivity index (χ1v) is 6.33. The fourth-order valence-electron chi connectivity index (χ4n) is 0.998. The maximum absolute atomic E-state index is 12.5. The van der Waals surface area contributed by atoms with E-state index in [-0.39, 0.29) is 26.0 Å². The highest BCUT2D eigenvalue weighted by molar-refractivity contribution is 9.10. The summed E-state index contributed by atoms with van der Waals surface area (Å²) in [4.78, 5) is 0. The van der Waals surface area contributed by atoms with E-state index in [9.17, 15) is 8.78 Å². The molecule has 0 radical (unpaired) electrons. The molecule has 19 heavy (non-hydrogen) atoms. The van der Waals surface area contributed by atoms with Crippen molar-refractivity contribution in [2.75, 3.05) is 0 Å². The molecule has 0 spiro atoms. The first kappa shape index (κ1) is 16.0. The zero-order valence-corrected chi connectivity index (χ0v) is 12.3. The van der Waals surface area contributed by atoms with Crippen LogP contribution in [0.5, 0.6) is 11.5 Å². The number of hydrogen-bond acceptors (Lipinski definition) is 2. The van der Waals surface area contributed by atoms with Gasteiger partial charge in [0.2, 0.25) is 0 Å². The van der Waals surface area contributed by atoms with Crippen molar-refractivity contribution in [3.8, 4) is 11.5 Å². The summed E-state index contributed by atoms with van der Waals surface area (Å²) in [5.74, 6) is -1.49. The molecule has 0 fully saturated rings. The first-order chi connectivity index (χ1) is 8.81. The Bertz CT molecular complexity index is 544. The van der Waals surface area contributed by atoms with Crippen molar-refractivity contribution in [3.63, 3.8) is 0 Å². The zero-order valence-electron chi connectivity index (χ0n) is 9.17. The van der Waals surface area contributed by atoms with Crippen molar-refractivity contribution >= 4 is 39.1 Å². The molecule has 0 aliphatic heterocycles. The monoisotopic (exact) mass is 370 g/mol. The van der Waals surface area contributed by atoms with Gasteiger partial charge in [-0.1, -0.05) is 23.2 Å². The number of phenols is 2. The lowest BCUT2D eigenvalue weighted by molar-refractivity contribution is 0.468. The third-order valence-electron chi connectivity index (χ3n) is 1.90. The van der Waals surface area contributed by atoms with Gasteiger partial charge in [-0.15, -0.1) is 0 Å². The molecule has 2 aromatic rings. The van der Waals surface area contributed by atoms with E-state index < -0.39 is 11.6 Å². The molecule has 2 nitrogen and oxygen atoms in total. The Hall–Kier alpha value is -1.04. The highest BCUT2D eigenvalue weighted by atomic mass is 79.9. The maximum atomic E-state index is 12.5. The second-order valence-electron chi connectivity index (χ2n) is 3.31. The van der Waals surface area contributed by atoms with Gasteiger partial charge < -0.3 is 10.2 Å². The minimum atomic E-state index is -0.526. The molecular formula is C12H7BrCl2F2O2. The molecule has 2 N–H and O–H groups in total. The van der Waals surface area contributed by atoms with Crippen molar-refractivity contribution in [1.82, 2.24) is 0 Å². The quantitative estimate of drug-likeness (QED) is 0.630. The molecule has 0 saturated carbocycles. The minimum absolute atomic E-state index is 0.133. The van der Waals surface area contributed by atoms with Gasteiger partial charge in [-0.25, -0.2) is 8.78 Å². The van der Waals surface area contributed by atoms with Crippen molar-refractivity contribution in [2.24, 2.45) is 0 Å². The lowest BCUT2D eigenvalue weighted by Gasteiger charge is -1.97. The molecule has 0 aliphatic rings. The second kappa shape index (κ2) is 6.93. The topological polar surface area (TPSA) is 40.5 Å². The van der Waals surface area contributed by atoms with Crippen LogP contribution in [0.15, 0.2) is 34.8 Å². The van der Waals surface area contributed by atoms with Gasteiger partial charge in [-0.2, -0.15) is 0 Å². The summed E-state index contributed by atoms with van der Waals surface area (Å²) in [6.07, 6.45) is 0. The van der Waals surface area contributed by atoms with E-state index in [2.05, 4.69) is 15.9 Å². The third kappa shape index (κ3) is 4.86. The second-order valence-corrected chi connectivity index (χ2v) is 4.98. The van der Waals surface area contributed by atoms with E-state index >= 15 is 0 Å². The summed E-state index contributed by atoms with van der Waals surface area (Å²) >= 11 is 13.7. The highest BCUT2D eigenvalue weighted by Crippen LogP contribution is 2.28.